The van der Waals surface area contributed by atoms with Crippen LogP contribution in [0.1, 0.15) is 13.8 Å². The van der Waals surface area contributed by atoms with Crippen LogP contribution in [-0.4, -0.2) is 28.8 Å². The highest BCUT2D eigenvalue weighted by Gasteiger charge is 2.11. The maximum atomic E-state index is 10.5. The summed E-state index contributed by atoms with van der Waals surface area (Å²) in [5.74, 6) is -1.85. The van der Waals surface area contributed by atoms with Crippen molar-refractivity contribution < 1.29 is 19.5 Å². The number of carboxylic acids is 1. The van der Waals surface area contributed by atoms with E-state index in [4.69, 9.17) is 0 Å². The molecule has 6 heteroatoms. The van der Waals surface area contributed by atoms with Crippen LogP contribution < -0.4 is 10.4 Å². The second kappa shape index (κ2) is 5.58. The largest absolute Gasteiger partial charge is 0.548 e. The fourth-order valence-corrected chi connectivity index (χ4v) is 1.24. The Morgan fingerprint density at radius 3 is 2.23 bits per heavy atom. The average Bonchev–Trinajstić information content (AvgIpc) is 1.96. The lowest BCUT2D eigenvalue weighted by Gasteiger charge is -2.17. The highest BCUT2D eigenvalue weighted by molar-refractivity contribution is 8.13. The SMILES string of the molecule is CC(=O)NC(CSC(C)=O)C(=O)[O-]. The van der Waals surface area contributed by atoms with E-state index in [1.807, 2.05) is 0 Å². The summed E-state index contributed by atoms with van der Waals surface area (Å²) in [6.07, 6.45) is 0. The number of nitrogens with one attached hydrogen (secondary N) is 1. The zero-order valence-electron chi connectivity index (χ0n) is 7.33. The monoisotopic (exact) mass is 204 g/mol. The predicted molar refractivity (Wildman–Crippen MR) is 45.8 cm³/mol. The van der Waals surface area contributed by atoms with Crippen LogP contribution in [0.5, 0.6) is 0 Å². The van der Waals surface area contributed by atoms with Gasteiger partial charge in [0.2, 0.25) is 5.91 Å². The molecule has 0 aliphatic rings. The van der Waals surface area contributed by atoms with Crippen LogP contribution in [0.3, 0.4) is 0 Å². The third kappa shape index (κ3) is 6.15. The van der Waals surface area contributed by atoms with Gasteiger partial charge in [-0.25, -0.2) is 0 Å². The molecule has 0 saturated heterocycles. The molecular formula is C7H10NO4S-. The number of hydrogen-bond acceptors (Lipinski definition) is 5. The highest BCUT2D eigenvalue weighted by atomic mass is 32.2. The first kappa shape index (κ1) is 12.0. The van der Waals surface area contributed by atoms with Crippen LogP contribution >= 0.6 is 11.8 Å². The topological polar surface area (TPSA) is 86.3 Å². The van der Waals surface area contributed by atoms with E-state index in [9.17, 15) is 19.5 Å². The van der Waals surface area contributed by atoms with Crippen molar-refractivity contribution in [2.45, 2.75) is 19.9 Å². The fourth-order valence-electron chi connectivity index (χ4n) is 0.615. The first-order valence-electron chi connectivity index (χ1n) is 3.54. The lowest BCUT2D eigenvalue weighted by Crippen LogP contribution is -2.48. The average molecular weight is 204 g/mol. The lowest BCUT2D eigenvalue weighted by atomic mass is 10.3. The van der Waals surface area contributed by atoms with E-state index in [1.54, 1.807) is 0 Å². The summed E-state index contributed by atoms with van der Waals surface area (Å²) < 4.78 is 0. The molecule has 0 rings (SSSR count). The molecule has 1 N–H and O–H groups in total. The van der Waals surface area contributed by atoms with E-state index in [-0.39, 0.29) is 10.9 Å². The van der Waals surface area contributed by atoms with Crippen molar-refractivity contribution in [2.75, 3.05) is 5.75 Å². The molecule has 0 aliphatic carbocycles. The van der Waals surface area contributed by atoms with Gasteiger partial charge in [0.05, 0.1) is 12.0 Å². The number of carbonyl (C=O) groups is 3. The summed E-state index contributed by atoms with van der Waals surface area (Å²) in [6, 6.07) is -1.11. The molecule has 0 saturated carbocycles. The fraction of sp³-hybridized carbons (Fsp3) is 0.571. The van der Waals surface area contributed by atoms with Gasteiger partial charge >= 0.3 is 0 Å². The van der Waals surface area contributed by atoms with Crippen LogP contribution in [0, 0.1) is 0 Å². The van der Waals surface area contributed by atoms with Crippen LogP contribution in [0.4, 0.5) is 0 Å². The molecule has 0 fully saturated rings. The Labute approximate surface area is 79.9 Å². The Hall–Kier alpha value is -1.04. The van der Waals surface area contributed by atoms with Gasteiger partial charge in [0, 0.05) is 19.6 Å². The molecule has 1 unspecified atom stereocenters. The summed E-state index contributed by atoms with van der Waals surface area (Å²) in [7, 11) is 0. The Bertz CT molecular complexity index is 229. The molecule has 5 nitrogen and oxygen atoms in total. The van der Waals surface area contributed by atoms with Gasteiger partial charge in [0.1, 0.15) is 0 Å². The van der Waals surface area contributed by atoms with Crippen LogP contribution in [0.15, 0.2) is 0 Å². The molecule has 0 aromatic heterocycles. The molecule has 1 amide bonds. The second-order valence-corrected chi connectivity index (χ2v) is 3.57. The summed E-state index contributed by atoms with van der Waals surface area (Å²) in [4.78, 5) is 31.4. The first-order chi connectivity index (χ1) is 5.93. The van der Waals surface area contributed by atoms with Crippen molar-refractivity contribution in [2.24, 2.45) is 0 Å². The molecule has 1 atom stereocenters. The summed E-state index contributed by atoms with van der Waals surface area (Å²) >= 11 is 0.835. The molecule has 0 aliphatic heterocycles. The molecule has 0 aromatic carbocycles. The highest BCUT2D eigenvalue weighted by Crippen LogP contribution is 2.03. The van der Waals surface area contributed by atoms with Crippen molar-refractivity contribution in [1.29, 1.82) is 0 Å². The zero-order chi connectivity index (χ0) is 10.4. The van der Waals surface area contributed by atoms with E-state index >= 15 is 0 Å². The number of thioether (sulfide) groups is 1. The normalized spacial score (nSPS) is 11.8. The summed E-state index contributed by atoms with van der Waals surface area (Å²) in [5, 5.41) is 12.4. The Morgan fingerprint density at radius 1 is 1.38 bits per heavy atom. The van der Waals surface area contributed by atoms with E-state index in [0.717, 1.165) is 11.8 Å². The summed E-state index contributed by atoms with van der Waals surface area (Å²) in [5.41, 5.74) is 0. The van der Waals surface area contributed by atoms with Crippen molar-refractivity contribution in [3.63, 3.8) is 0 Å². The zero-order valence-corrected chi connectivity index (χ0v) is 8.14. The standard InChI is InChI=1S/C7H11NO4S/c1-4(9)8-6(7(11)12)3-13-5(2)10/h6H,3H2,1-2H3,(H,8,9)(H,11,12)/p-1. The van der Waals surface area contributed by atoms with E-state index in [1.165, 1.54) is 13.8 Å². The molecule has 0 aromatic rings. The molecule has 74 valence electrons. The van der Waals surface area contributed by atoms with Crippen molar-refractivity contribution >= 4 is 28.8 Å². The smallest absolute Gasteiger partial charge is 0.217 e. The molecule has 0 bridgehead atoms. The Morgan fingerprint density at radius 2 is 1.92 bits per heavy atom. The van der Waals surface area contributed by atoms with Gasteiger partial charge in [0.15, 0.2) is 5.12 Å². The van der Waals surface area contributed by atoms with Gasteiger partial charge < -0.3 is 15.2 Å². The minimum absolute atomic E-state index is 0.00273. The van der Waals surface area contributed by atoms with Crippen LogP contribution in [0.2, 0.25) is 0 Å². The number of aliphatic carboxylic acids is 1. The third-order valence-electron chi connectivity index (χ3n) is 1.12. The minimum atomic E-state index is -1.39. The predicted octanol–water partition coefficient (Wildman–Crippen LogP) is -1.48. The van der Waals surface area contributed by atoms with Gasteiger partial charge in [-0.05, 0) is 0 Å². The van der Waals surface area contributed by atoms with E-state index < -0.39 is 17.9 Å². The van der Waals surface area contributed by atoms with E-state index in [0.29, 0.717) is 0 Å². The van der Waals surface area contributed by atoms with Gasteiger partial charge in [-0.15, -0.1) is 0 Å². The lowest BCUT2D eigenvalue weighted by molar-refractivity contribution is -0.307. The van der Waals surface area contributed by atoms with Crippen LogP contribution in [0.25, 0.3) is 0 Å². The molecule has 0 heterocycles. The molecular weight excluding hydrogens is 194 g/mol. The van der Waals surface area contributed by atoms with Gasteiger partial charge in [-0.1, -0.05) is 11.8 Å². The number of hydrogen-bond donors (Lipinski definition) is 1. The quantitative estimate of drug-likeness (QED) is 0.603. The third-order valence-corrected chi connectivity index (χ3v) is 2.02. The van der Waals surface area contributed by atoms with Gasteiger partial charge in [-0.2, -0.15) is 0 Å². The summed E-state index contributed by atoms with van der Waals surface area (Å²) in [6.45, 7) is 2.53. The first-order valence-corrected chi connectivity index (χ1v) is 4.53. The number of rotatable bonds is 4. The Kier molecular flexibility index (Phi) is 5.13. The van der Waals surface area contributed by atoms with Crippen molar-refractivity contribution in [1.82, 2.24) is 5.32 Å². The minimum Gasteiger partial charge on any atom is -0.548 e. The second-order valence-electron chi connectivity index (χ2n) is 2.37. The van der Waals surface area contributed by atoms with Gasteiger partial charge in [0.25, 0.3) is 0 Å². The van der Waals surface area contributed by atoms with Crippen LogP contribution in [-0.2, 0) is 14.4 Å². The number of amides is 1. The molecule has 13 heavy (non-hydrogen) atoms. The number of carboxylic acid groups (broad SMARTS) is 1. The van der Waals surface area contributed by atoms with E-state index in [2.05, 4.69) is 5.32 Å². The molecule has 0 spiro atoms. The maximum absolute atomic E-state index is 10.5. The van der Waals surface area contributed by atoms with Crippen molar-refractivity contribution in [3.8, 4) is 0 Å². The maximum Gasteiger partial charge on any atom is 0.217 e. The Balaban J connectivity index is 4.02. The molecule has 0 radical (unpaired) electrons. The number of carbonyl (C=O) groups excluding carboxylic acids is 3. The van der Waals surface area contributed by atoms with Gasteiger partial charge in [-0.3, -0.25) is 9.59 Å². The van der Waals surface area contributed by atoms with Crippen molar-refractivity contribution in [3.05, 3.63) is 0 Å².